The number of hydrogen-bond donors (Lipinski definition) is 3. The molecular formula is C33H53NO5. The van der Waals surface area contributed by atoms with Gasteiger partial charge in [-0.2, -0.15) is 0 Å². The van der Waals surface area contributed by atoms with E-state index in [0.717, 1.165) is 77.0 Å². The lowest BCUT2D eigenvalue weighted by atomic mass is 9.32. The Morgan fingerprint density at radius 1 is 0.821 bits per heavy atom. The number of hydrogen-bond acceptors (Lipinski definition) is 4. The first-order valence-electron chi connectivity index (χ1n) is 16.1. The van der Waals surface area contributed by atoms with Crippen molar-refractivity contribution in [1.82, 2.24) is 5.32 Å². The molecular weight excluding hydrogens is 490 g/mol. The van der Waals surface area contributed by atoms with Crippen LogP contribution in [-0.2, 0) is 9.53 Å². The van der Waals surface area contributed by atoms with Crippen LogP contribution in [0.4, 0.5) is 4.79 Å². The summed E-state index contributed by atoms with van der Waals surface area (Å²) >= 11 is 0. The van der Waals surface area contributed by atoms with Gasteiger partial charge in [0.25, 0.3) is 0 Å². The molecule has 6 aliphatic carbocycles. The molecule has 1 amide bonds. The summed E-state index contributed by atoms with van der Waals surface area (Å²) in [6.45, 7) is 14.2. The van der Waals surface area contributed by atoms with Gasteiger partial charge in [-0.3, -0.25) is 4.79 Å². The van der Waals surface area contributed by atoms with Crippen molar-refractivity contribution in [3.05, 3.63) is 0 Å². The summed E-state index contributed by atoms with van der Waals surface area (Å²) in [6, 6.07) is 0.310. The van der Waals surface area contributed by atoms with Crippen molar-refractivity contribution >= 4 is 12.1 Å². The Hall–Kier alpha value is -1.30. The van der Waals surface area contributed by atoms with E-state index in [-0.39, 0.29) is 45.7 Å². The molecule has 0 unspecified atom stereocenters. The molecule has 0 bridgehead atoms. The zero-order chi connectivity index (χ0) is 28.2. The molecule has 6 fully saturated rings. The standard InChI is InChI=1S/C33H53NO5/c1-19(35)21-11-16-33(27(36)37)18-17-31(5)22(26(21)33)9-10-24-30(4)14-13-25(39-28(38)34-20-7-8-20)29(2,3)23(30)12-15-32(24,31)6/h19-26,35H,7-18H2,1-6H3,(H,34,38)(H,36,37)/t19-,21+,22-,23+,24-,25-,26-,30+,31-,32-,33+/m1/s1. The van der Waals surface area contributed by atoms with Gasteiger partial charge in [-0.1, -0.05) is 34.6 Å². The Bertz CT molecular complexity index is 1020. The summed E-state index contributed by atoms with van der Waals surface area (Å²) in [5, 5.41) is 24.4. The average molecular weight is 544 g/mol. The molecule has 0 spiro atoms. The van der Waals surface area contributed by atoms with Gasteiger partial charge in [-0.05, 0) is 130 Å². The first kappa shape index (κ1) is 27.8. The highest BCUT2D eigenvalue weighted by atomic mass is 16.6. The fraction of sp³-hybridized carbons (Fsp3) is 0.939. The maximum atomic E-state index is 12.8. The van der Waals surface area contributed by atoms with Crippen LogP contribution in [-0.4, -0.2) is 40.5 Å². The van der Waals surface area contributed by atoms with Crippen molar-refractivity contribution in [2.75, 3.05) is 0 Å². The van der Waals surface area contributed by atoms with Crippen LogP contribution in [0.25, 0.3) is 0 Å². The minimum Gasteiger partial charge on any atom is -0.481 e. The second-order valence-corrected chi connectivity index (χ2v) is 16.3. The Labute approximate surface area is 235 Å². The largest absolute Gasteiger partial charge is 0.481 e. The van der Waals surface area contributed by atoms with Gasteiger partial charge in [0.1, 0.15) is 6.10 Å². The summed E-state index contributed by atoms with van der Waals surface area (Å²) in [6.07, 6.45) is 11.2. The van der Waals surface area contributed by atoms with Crippen LogP contribution in [0.3, 0.4) is 0 Å². The summed E-state index contributed by atoms with van der Waals surface area (Å²) in [5.41, 5.74) is -0.342. The molecule has 220 valence electrons. The van der Waals surface area contributed by atoms with Crippen LogP contribution in [0, 0.1) is 56.7 Å². The molecule has 0 heterocycles. The number of nitrogens with one attached hydrogen (secondary N) is 1. The monoisotopic (exact) mass is 543 g/mol. The first-order chi connectivity index (χ1) is 18.2. The highest BCUT2D eigenvalue weighted by molar-refractivity contribution is 5.76. The lowest BCUT2D eigenvalue weighted by Gasteiger charge is -2.72. The Balaban J connectivity index is 1.29. The molecule has 6 nitrogen and oxygen atoms in total. The second-order valence-electron chi connectivity index (χ2n) is 16.3. The number of ether oxygens (including phenoxy) is 1. The van der Waals surface area contributed by atoms with E-state index >= 15 is 0 Å². The second kappa shape index (κ2) is 8.85. The number of aliphatic carboxylic acids is 1. The number of alkyl carbamates (subject to hydrolysis) is 1. The molecule has 0 saturated heterocycles. The predicted molar refractivity (Wildman–Crippen MR) is 150 cm³/mol. The van der Waals surface area contributed by atoms with Gasteiger partial charge in [0.2, 0.25) is 0 Å². The third-order valence-electron chi connectivity index (χ3n) is 14.6. The average Bonchev–Trinajstić information content (AvgIpc) is 3.56. The number of fused-ring (bicyclic) bond motifs is 7. The van der Waals surface area contributed by atoms with Crippen molar-refractivity contribution in [2.24, 2.45) is 56.7 Å². The number of carbonyl (C=O) groups excluding carboxylic acids is 1. The third kappa shape index (κ3) is 3.74. The van der Waals surface area contributed by atoms with Crippen LogP contribution in [0.5, 0.6) is 0 Å². The van der Waals surface area contributed by atoms with Crippen LogP contribution in [0.1, 0.15) is 119 Å². The molecule has 39 heavy (non-hydrogen) atoms. The van der Waals surface area contributed by atoms with E-state index in [1.165, 1.54) is 0 Å². The maximum absolute atomic E-state index is 12.8. The van der Waals surface area contributed by atoms with Crippen LogP contribution >= 0.6 is 0 Å². The molecule has 11 atom stereocenters. The number of amides is 1. The molecule has 6 saturated carbocycles. The van der Waals surface area contributed by atoms with Crippen molar-refractivity contribution in [3.8, 4) is 0 Å². The highest BCUT2D eigenvalue weighted by Gasteiger charge is 2.72. The summed E-state index contributed by atoms with van der Waals surface area (Å²) in [4.78, 5) is 25.4. The number of rotatable bonds is 4. The first-order valence-corrected chi connectivity index (χ1v) is 16.1. The van der Waals surface area contributed by atoms with Gasteiger partial charge in [-0.15, -0.1) is 0 Å². The number of carboxylic acids is 1. The van der Waals surface area contributed by atoms with Gasteiger partial charge in [0, 0.05) is 11.5 Å². The lowest BCUT2D eigenvalue weighted by molar-refractivity contribution is -0.250. The quantitative estimate of drug-likeness (QED) is 0.363. The smallest absolute Gasteiger partial charge is 0.407 e. The van der Waals surface area contributed by atoms with E-state index < -0.39 is 17.5 Å². The van der Waals surface area contributed by atoms with Crippen molar-refractivity contribution < 1.29 is 24.5 Å². The fourth-order valence-corrected chi connectivity index (χ4v) is 12.3. The van der Waals surface area contributed by atoms with Crippen LogP contribution in [0.15, 0.2) is 0 Å². The minimum atomic E-state index is -0.658. The van der Waals surface area contributed by atoms with E-state index in [0.29, 0.717) is 23.8 Å². The fourth-order valence-electron chi connectivity index (χ4n) is 12.3. The van der Waals surface area contributed by atoms with Crippen molar-refractivity contribution in [3.63, 3.8) is 0 Å². The number of carboxylic acid groups (broad SMARTS) is 1. The normalized spacial score (nSPS) is 50.9. The molecule has 0 aromatic rings. The third-order valence-corrected chi connectivity index (χ3v) is 14.6. The van der Waals surface area contributed by atoms with E-state index in [9.17, 15) is 19.8 Å². The number of aliphatic hydroxyl groups is 1. The van der Waals surface area contributed by atoms with E-state index in [2.05, 4.69) is 39.9 Å². The topological polar surface area (TPSA) is 95.9 Å². The van der Waals surface area contributed by atoms with Crippen molar-refractivity contribution in [2.45, 2.75) is 137 Å². The highest BCUT2D eigenvalue weighted by Crippen LogP contribution is 2.77. The van der Waals surface area contributed by atoms with E-state index in [4.69, 9.17) is 4.74 Å². The summed E-state index contributed by atoms with van der Waals surface area (Å²) < 4.78 is 6.10. The number of carbonyl (C=O) groups is 2. The molecule has 6 aliphatic rings. The van der Waals surface area contributed by atoms with Gasteiger partial charge >= 0.3 is 12.1 Å². The minimum absolute atomic E-state index is 0.0539. The van der Waals surface area contributed by atoms with E-state index in [1.54, 1.807) is 0 Å². The zero-order valence-electron chi connectivity index (χ0n) is 25.2. The Morgan fingerprint density at radius 3 is 2.18 bits per heavy atom. The molecule has 0 aliphatic heterocycles. The molecule has 6 heteroatoms. The van der Waals surface area contributed by atoms with Crippen LogP contribution < -0.4 is 5.32 Å². The van der Waals surface area contributed by atoms with Gasteiger partial charge in [0.15, 0.2) is 0 Å². The number of aliphatic hydroxyl groups excluding tert-OH is 1. The molecule has 6 rings (SSSR count). The summed E-state index contributed by atoms with van der Waals surface area (Å²) in [7, 11) is 0. The van der Waals surface area contributed by atoms with Gasteiger partial charge in [0.05, 0.1) is 11.5 Å². The van der Waals surface area contributed by atoms with Gasteiger partial charge in [-0.25, -0.2) is 4.79 Å². The predicted octanol–water partition coefficient (Wildman–Crippen LogP) is 6.79. The maximum Gasteiger partial charge on any atom is 0.407 e. The molecule has 3 N–H and O–H groups in total. The lowest BCUT2D eigenvalue weighted by Crippen LogP contribution is -2.67. The molecule has 0 radical (unpaired) electrons. The SMILES string of the molecule is C[C@@H](O)[C@@H]1CC[C@]2(C(=O)O)CC[C@]3(C)[C@H](CC[C@@H]4[C@@]5(C)CC[C@@H](OC(=O)NC6CC6)C(C)(C)[C@@H]5CC[C@]43C)[C@@H]12. The summed E-state index contributed by atoms with van der Waals surface area (Å²) in [5.74, 6) is 0.966. The van der Waals surface area contributed by atoms with Crippen LogP contribution in [0.2, 0.25) is 0 Å². The zero-order valence-corrected chi connectivity index (χ0v) is 25.2. The molecule has 0 aromatic carbocycles. The Kier molecular flexibility index (Phi) is 6.32. The van der Waals surface area contributed by atoms with Gasteiger partial charge < -0.3 is 20.3 Å². The van der Waals surface area contributed by atoms with Crippen molar-refractivity contribution in [1.29, 1.82) is 0 Å². The Morgan fingerprint density at radius 2 is 1.54 bits per heavy atom. The molecule has 0 aromatic heterocycles. The van der Waals surface area contributed by atoms with E-state index in [1.807, 2.05) is 6.92 Å².